The standard InChI is InChI=1S/C16H19N5O3.ClH/c1-10(17-2)9-13-18-14(24-20-13)7-8-21-16(23)12-6-4-3-5-11(12)15(22)19-21;/h3-6,10,17H,7-9H2,1-2H3,(H,19,22);1H. The number of aryl methyl sites for hydroxylation is 2. The van der Waals surface area contributed by atoms with Crippen LogP contribution in [-0.4, -0.2) is 33.0 Å². The summed E-state index contributed by atoms with van der Waals surface area (Å²) in [5.74, 6) is 1.06. The minimum Gasteiger partial charge on any atom is -0.339 e. The fourth-order valence-electron chi connectivity index (χ4n) is 2.46. The first-order valence-corrected chi connectivity index (χ1v) is 7.79. The van der Waals surface area contributed by atoms with E-state index >= 15 is 0 Å². The van der Waals surface area contributed by atoms with Crippen LogP contribution < -0.4 is 16.4 Å². The molecule has 0 amide bonds. The fraction of sp³-hybridized carbons (Fsp3) is 0.375. The smallest absolute Gasteiger partial charge is 0.273 e. The molecule has 2 heterocycles. The van der Waals surface area contributed by atoms with Crippen molar-refractivity contribution < 1.29 is 4.52 Å². The molecule has 8 nitrogen and oxygen atoms in total. The zero-order chi connectivity index (χ0) is 17.1. The minimum atomic E-state index is -0.292. The molecule has 9 heteroatoms. The molecule has 0 aliphatic rings. The third-order valence-electron chi connectivity index (χ3n) is 3.92. The summed E-state index contributed by atoms with van der Waals surface area (Å²) in [5, 5.41) is 10.4. The molecule has 25 heavy (non-hydrogen) atoms. The van der Waals surface area contributed by atoms with Crippen molar-refractivity contribution in [2.75, 3.05) is 7.05 Å². The molecule has 3 rings (SSSR count). The molecule has 0 fully saturated rings. The predicted octanol–water partition coefficient (Wildman–Crippen LogP) is 0.888. The van der Waals surface area contributed by atoms with Crippen molar-refractivity contribution >= 4 is 23.2 Å². The fourth-order valence-corrected chi connectivity index (χ4v) is 2.46. The number of aromatic nitrogens is 4. The lowest BCUT2D eigenvalue weighted by atomic mass is 10.2. The van der Waals surface area contributed by atoms with Gasteiger partial charge >= 0.3 is 0 Å². The van der Waals surface area contributed by atoms with Crippen LogP contribution in [0.1, 0.15) is 18.6 Å². The van der Waals surface area contributed by atoms with E-state index in [1.54, 1.807) is 24.3 Å². The van der Waals surface area contributed by atoms with Crippen LogP contribution in [0.25, 0.3) is 10.8 Å². The Balaban J connectivity index is 0.00000225. The van der Waals surface area contributed by atoms with E-state index in [1.807, 2.05) is 14.0 Å². The normalized spacial score (nSPS) is 12.1. The summed E-state index contributed by atoms with van der Waals surface area (Å²) in [6.07, 6.45) is 1.03. The number of nitrogens with zero attached hydrogens (tertiary/aromatic N) is 3. The molecular weight excluding hydrogens is 346 g/mol. The lowest BCUT2D eigenvalue weighted by molar-refractivity contribution is 0.361. The molecule has 3 aromatic rings. The van der Waals surface area contributed by atoms with E-state index < -0.39 is 0 Å². The number of halogens is 1. The molecule has 0 aliphatic carbocycles. The number of aromatic amines is 1. The van der Waals surface area contributed by atoms with Gasteiger partial charge in [0.15, 0.2) is 5.82 Å². The van der Waals surface area contributed by atoms with Gasteiger partial charge in [0.25, 0.3) is 11.1 Å². The number of rotatable bonds is 6. The number of hydrogen-bond donors (Lipinski definition) is 2. The van der Waals surface area contributed by atoms with Crippen LogP contribution in [0.15, 0.2) is 38.4 Å². The van der Waals surface area contributed by atoms with Gasteiger partial charge in [0.1, 0.15) is 0 Å². The highest BCUT2D eigenvalue weighted by Gasteiger charge is 2.11. The monoisotopic (exact) mass is 365 g/mol. The van der Waals surface area contributed by atoms with Gasteiger partial charge in [0.2, 0.25) is 5.89 Å². The van der Waals surface area contributed by atoms with E-state index in [-0.39, 0.29) is 36.1 Å². The summed E-state index contributed by atoms with van der Waals surface area (Å²) in [6.45, 7) is 2.29. The Kier molecular flexibility index (Phi) is 6.11. The van der Waals surface area contributed by atoms with Crippen LogP contribution in [0, 0.1) is 0 Å². The molecule has 1 unspecified atom stereocenters. The molecule has 0 saturated heterocycles. The second kappa shape index (κ2) is 8.09. The third-order valence-corrected chi connectivity index (χ3v) is 3.92. The van der Waals surface area contributed by atoms with Crippen LogP contribution in [0.5, 0.6) is 0 Å². The average Bonchev–Trinajstić information content (AvgIpc) is 3.04. The molecule has 0 radical (unpaired) electrons. The van der Waals surface area contributed by atoms with Crippen molar-refractivity contribution in [3.63, 3.8) is 0 Å². The maximum Gasteiger partial charge on any atom is 0.273 e. The number of fused-ring (bicyclic) bond motifs is 1. The zero-order valence-electron chi connectivity index (χ0n) is 14.0. The highest BCUT2D eigenvalue weighted by Crippen LogP contribution is 2.04. The van der Waals surface area contributed by atoms with Crippen LogP contribution >= 0.6 is 12.4 Å². The number of benzene rings is 1. The maximum atomic E-state index is 12.4. The summed E-state index contributed by atoms with van der Waals surface area (Å²) >= 11 is 0. The van der Waals surface area contributed by atoms with Gasteiger partial charge in [-0.05, 0) is 26.1 Å². The van der Waals surface area contributed by atoms with Crippen molar-refractivity contribution in [2.45, 2.75) is 32.4 Å². The second-order valence-corrected chi connectivity index (χ2v) is 5.69. The Morgan fingerprint density at radius 3 is 2.72 bits per heavy atom. The van der Waals surface area contributed by atoms with Crippen molar-refractivity contribution in [1.29, 1.82) is 0 Å². The molecule has 0 aliphatic heterocycles. The second-order valence-electron chi connectivity index (χ2n) is 5.69. The van der Waals surface area contributed by atoms with Gasteiger partial charge in [-0.15, -0.1) is 12.4 Å². The van der Waals surface area contributed by atoms with Crippen LogP contribution in [0.2, 0.25) is 0 Å². The van der Waals surface area contributed by atoms with E-state index in [0.29, 0.717) is 35.3 Å². The predicted molar refractivity (Wildman–Crippen MR) is 96.3 cm³/mol. The summed E-state index contributed by atoms with van der Waals surface area (Å²) < 4.78 is 6.48. The minimum absolute atomic E-state index is 0. The number of H-pyrrole nitrogens is 1. The van der Waals surface area contributed by atoms with Crippen molar-refractivity contribution in [3.05, 3.63) is 56.7 Å². The van der Waals surface area contributed by atoms with Gasteiger partial charge in [0.05, 0.1) is 17.3 Å². The van der Waals surface area contributed by atoms with Gasteiger partial charge in [-0.3, -0.25) is 14.7 Å². The summed E-state index contributed by atoms with van der Waals surface area (Å²) in [7, 11) is 1.87. The first-order valence-electron chi connectivity index (χ1n) is 7.79. The largest absolute Gasteiger partial charge is 0.339 e. The van der Waals surface area contributed by atoms with Crippen molar-refractivity contribution in [3.8, 4) is 0 Å². The maximum absolute atomic E-state index is 12.4. The molecular formula is C16H20ClN5O3. The van der Waals surface area contributed by atoms with E-state index in [1.165, 1.54) is 4.68 Å². The Hall–Kier alpha value is -2.45. The molecule has 134 valence electrons. The van der Waals surface area contributed by atoms with Gasteiger partial charge in [0, 0.05) is 18.9 Å². The van der Waals surface area contributed by atoms with Crippen LogP contribution in [0.3, 0.4) is 0 Å². The summed E-state index contributed by atoms with van der Waals surface area (Å²) in [6, 6.07) is 6.99. The highest BCUT2D eigenvalue weighted by atomic mass is 35.5. The molecule has 0 saturated carbocycles. The SMILES string of the molecule is CNC(C)Cc1noc(CCn2[nH]c(=O)c3ccccc3c2=O)n1.Cl. The van der Waals surface area contributed by atoms with Gasteiger partial charge < -0.3 is 9.84 Å². The zero-order valence-corrected chi connectivity index (χ0v) is 14.8. The number of nitrogens with one attached hydrogen (secondary N) is 2. The Morgan fingerprint density at radius 2 is 2.00 bits per heavy atom. The van der Waals surface area contributed by atoms with E-state index in [9.17, 15) is 9.59 Å². The lowest BCUT2D eigenvalue weighted by Crippen LogP contribution is -2.30. The molecule has 0 spiro atoms. The Morgan fingerprint density at radius 1 is 1.28 bits per heavy atom. The van der Waals surface area contributed by atoms with Gasteiger partial charge in [-0.25, -0.2) is 4.68 Å². The third kappa shape index (κ3) is 4.15. The van der Waals surface area contributed by atoms with Crippen molar-refractivity contribution in [1.82, 2.24) is 25.2 Å². The Bertz CT molecular complexity index is 962. The van der Waals surface area contributed by atoms with Gasteiger partial charge in [-0.2, -0.15) is 4.98 Å². The molecule has 1 atom stereocenters. The first kappa shape index (κ1) is 18.9. The summed E-state index contributed by atoms with van der Waals surface area (Å²) in [4.78, 5) is 28.8. The lowest BCUT2D eigenvalue weighted by Gasteiger charge is -2.05. The highest BCUT2D eigenvalue weighted by molar-refractivity contribution is 5.85. The molecule has 0 bridgehead atoms. The van der Waals surface area contributed by atoms with Crippen LogP contribution in [-0.2, 0) is 19.4 Å². The van der Waals surface area contributed by atoms with Gasteiger partial charge in [-0.1, -0.05) is 17.3 Å². The average molecular weight is 366 g/mol. The molecule has 1 aromatic carbocycles. The number of likely N-dealkylation sites (N-methyl/N-ethyl adjacent to an activating group) is 1. The molecule has 2 N–H and O–H groups in total. The Labute approximate surface area is 149 Å². The summed E-state index contributed by atoms with van der Waals surface area (Å²) in [5.41, 5.74) is -0.534. The van der Waals surface area contributed by atoms with Crippen molar-refractivity contribution in [2.24, 2.45) is 0 Å². The van der Waals surface area contributed by atoms with E-state index in [2.05, 4.69) is 20.6 Å². The van der Waals surface area contributed by atoms with Crippen LogP contribution in [0.4, 0.5) is 0 Å². The van der Waals surface area contributed by atoms with E-state index in [4.69, 9.17) is 4.52 Å². The molecule has 2 aromatic heterocycles. The quantitative estimate of drug-likeness (QED) is 0.672. The topological polar surface area (TPSA) is 106 Å². The number of hydrogen-bond acceptors (Lipinski definition) is 6. The first-order chi connectivity index (χ1) is 11.6. The van der Waals surface area contributed by atoms with E-state index in [0.717, 1.165) is 0 Å².